The second-order valence-corrected chi connectivity index (χ2v) is 6.30. The number of nitriles is 2. The lowest BCUT2D eigenvalue weighted by molar-refractivity contribution is -0.584. The molecule has 3 N–H and O–H groups in total. The predicted octanol–water partition coefficient (Wildman–Crippen LogP) is -0.695. The van der Waals surface area contributed by atoms with E-state index in [2.05, 4.69) is 24.1 Å². The van der Waals surface area contributed by atoms with Crippen molar-refractivity contribution in [1.82, 2.24) is 0 Å². The van der Waals surface area contributed by atoms with Gasteiger partial charge >= 0.3 is 0 Å². The van der Waals surface area contributed by atoms with E-state index >= 15 is 0 Å². The molecule has 3 rings (SSSR count). The Morgan fingerprint density at radius 3 is 2.83 bits per heavy atom. The van der Waals surface area contributed by atoms with E-state index < -0.39 is 15.9 Å². The molecule has 0 aromatic rings. The summed E-state index contributed by atoms with van der Waals surface area (Å²) in [5.41, 5.74) is 4.35. The molecule has 94 valence electrons. The van der Waals surface area contributed by atoms with E-state index in [0.717, 1.165) is 18.6 Å². The molecule has 6 heteroatoms. The van der Waals surface area contributed by atoms with Crippen molar-refractivity contribution in [3.8, 4) is 12.1 Å². The highest BCUT2D eigenvalue weighted by Crippen LogP contribution is 2.77. The molecule has 18 heavy (non-hydrogen) atoms. The van der Waals surface area contributed by atoms with Gasteiger partial charge in [0.05, 0.1) is 18.7 Å². The van der Waals surface area contributed by atoms with Gasteiger partial charge in [0.15, 0.2) is 10.8 Å². The van der Waals surface area contributed by atoms with Crippen LogP contribution in [-0.2, 0) is 4.74 Å². The Bertz CT molecular complexity index is 513. The Hall–Kier alpha value is -1.24. The number of amidine groups is 1. The molecule has 1 aliphatic carbocycles. The summed E-state index contributed by atoms with van der Waals surface area (Å²) in [4.78, 5) is 3.09. The van der Waals surface area contributed by atoms with Gasteiger partial charge in [-0.1, -0.05) is 25.1 Å². The molecule has 0 aromatic heterocycles. The largest absolute Gasteiger partial charge is 0.327 e. The fraction of sp³-hybridized carbons (Fsp3) is 0.750. The molecule has 2 heterocycles. The van der Waals surface area contributed by atoms with Crippen LogP contribution in [0.15, 0.2) is 0 Å². The zero-order chi connectivity index (χ0) is 13.0. The summed E-state index contributed by atoms with van der Waals surface area (Å²) in [6.07, 6.45) is 1.76. The van der Waals surface area contributed by atoms with Crippen LogP contribution in [0.25, 0.3) is 0 Å². The minimum atomic E-state index is -0.866. The Kier molecular flexibility index (Phi) is 2.24. The van der Waals surface area contributed by atoms with E-state index in [1.165, 1.54) is 0 Å². The van der Waals surface area contributed by atoms with Crippen molar-refractivity contribution in [2.45, 2.75) is 24.8 Å². The standard InChI is InChI=1S/C12H14N4OS/c1-2-3-8-10(6-13)9(15)16-12(11(8,10)7-14)17-4-5-18-12/h8H,2-5H2,1H3,(H2,15,16)/p+1/t8-,10-,11-,12-/m1/s1. The summed E-state index contributed by atoms with van der Waals surface area (Å²) in [6, 6.07) is 4.67. The molecule has 0 bridgehead atoms. The van der Waals surface area contributed by atoms with Gasteiger partial charge in [-0.15, -0.1) is 0 Å². The molecule has 1 saturated carbocycles. The molecule has 3 aliphatic rings. The molecular weight excluding hydrogens is 248 g/mol. The number of fused-ring (bicyclic) bond motifs is 2. The van der Waals surface area contributed by atoms with Gasteiger partial charge in [0.2, 0.25) is 0 Å². The fourth-order valence-corrected chi connectivity index (χ4v) is 5.09. The van der Waals surface area contributed by atoms with E-state index in [9.17, 15) is 10.5 Å². The summed E-state index contributed by atoms with van der Waals surface area (Å²) >= 11 is 1.57. The van der Waals surface area contributed by atoms with E-state index in [-0.39, 0.29) is 5.92 Å². The third-order valence-electron chi connectivity index (χ3n) is 4.45. The van der Waals surface area contributed by atoms with Crippen molar-refractivity contribution < 1.29 is 9.73 Å². The number of hydrogen-bond acceptors (Lipinski definition) is 5. The highest BCUT2D eigenvalue weighted by Gasteiger charge is 2.95. The molecule has 0 unspecified atom stereocenters. The Balaban J connectivity index is 2.14. The minimum Gasteiger partial charge on any atom is -0.327 e. The third-order valence-corrected chi connectivity index (χ3v) is 5.77. The molecule has 5 nitrogen and oxygen atoms in total. The average Bonchev–Trinajstić information content (AvgIpc) is 2.65. The van der Waals surface area contributed by atoms with E-state index in [1.807, 2.05) is 0 Å². The van der Waals surface area contributed by atoms with Crippen LogP contribution >= 0.6 is 11.8 Å². The molecular formula is C12H15N4OS+. The second-order valence-electron chi connectivity index (χ2n) is 5.03. The SMILES string of the molecule is CCC[C@H]1[C@@]2(C#N)[C@@]3([NH+]=C(N)[C@@]12C#N)OCCS3. The molecule has 0 radical (unpaired) electrons. The maximum atomic E-state index is 9.70. The van der Waals surface area contributed by atoms with Crippen molar-refractivity contribution in [1.29, 1.82) is 10.5 Å². The molecule has 1 spiro atoms. The summed E-state index contributed by atoms with van der Waals surface area (Å²) in [5, 5.41) is 18.5. The van der Waals surface area contributed by atoms with E-state index in [1.54, 1.807) is 11.8 Å². The first-order valence-electron chi connectivity index (χ1n) is 6.16. The molecule has 1 saturated heterocycles. The first kappa shape index (κ1) is 11.8. The quantitative estimate of drug-likeness (QED) is 0.687. The maximum absolute atomic E-state index is 9.70. The second kappa shape index (κ2) is 3.40. The van der Waals surface area contributed by atoms with E-state index in [0.29, 0.717) is 12.4 Å². The van der Waals surface area contributed by atoms with Crippen LogP contribution in [0.3, 0.4) is 0 Å². The van der Waals surface area contributed by atoms with Gasteiger partial charge in [-0.2, -0.15) is 10.5 Å². The molecule has 0 amide bonds. The number of nitrogens with zero attached hydrogens (tertiary/aromatic N) is 2. The highest BCUT2D eigenvalue weighted by atomic mass is 32.2. The lowest BCUT2D eigenvalue weighted by Gasteiger charge is -2.23. The van der Waals surface area contributed by atoms with Crippen molar-refractivity contribution in [3.63, 3.8) is 0 Å². The van der Waals surface area contributed by atoms with E-state index in [4.69, 9.17) is 10.5 Å². The third kappa shape index (κ3) is 0.899. The van der Waals surface area contributed by atoms with Crippen LogP contribution < -0.4 is 10.7 Å². The van der Waals surface area contributed by atoms with Crippen LogP contribution in [0.5, 0.6) is 0 Å². The van der Waals surface area contributed by atoms with Crippen molar-refractivity contribution in [2.24, 2.45) is 22.5 Å². The summed E-state index contributed by atoms with van der Waals surface area (Å²) in [6.45, 7) is 2.65. The van der Waals surface area contributed by atoms with Gasteiger partial charge < -0.3 is 4.74 Å². The summed E-state index contributed by atoms with van der Waals surface area (Å²) in [5.74, 6) is 1.22. The topological polar surface area (TPSA) is 96.8 Å². The van der Waals surface area contributed by atoms with Crippen LogP contribution in [0.4, 0.5) is 0 Å². The zero-order valence-electron chi connectivity index (χ0n) is 10.2. The van der Waals surface area contributed by atoms with Gasteiger partial charge in [-0.25, -0.2) is 4.99 Å². The lowest BCUT2D eigenvalue weighted by atomic mass is 9.95. The Morgan fingerprint density at radius 2 is 2.33 bits per heavy atom. The number of nitrogens with two attached hydrogens (primary N) is 1. The highest BCUT2D eigenvalue weighted by molar-refractivity contribution is 8.00. The molecule has 2 aliphatic heterocycles. The maximum Gasteiger partial charge on any atom is 0.277 e. The van der Waals surface area contributed by atoms with Gasteiger partial charge in [0.25, 0.3) is 10.9 Å². The Morgan fingerprint density at radius 1 is 1.56 bits per heavy atom. The number of rotatable bonds is 2. The van der Waals surface area contributed by atoms with Crippen LogP contribution in [-0.4, -0.2) is 23.3 Å². The summed E-state index contributed by atoms with van der Waals surface area (Å²) < 4.78 is 5.80. The number of hydrogen-bond donors (Lipinski definition) is 2. The number of nitrogens with one attached hydrogen (secondary N) is 1. The van der Waals surface area contributed by atoms with Gasteiger partial charge in [-0.3, -0.25) is 5.73 Å². The van der Waals surface area contributed by atoms with Crippen LogP contribution in [0.1, 0.15) is 19.8 Å². The Labute approximate surface area is 110 Å². The minimum absolute atomic E-state index is 0.0168. The monoisotopic (exact) mass is 263 g/mol. The smallest absolute Gasteiger partial charge is 0.277 e. The van der Waals surface area contributed by atoms with Crippen molar-refractivity contribution in [3.05, 3.63) is 0 Å². The van der Waals surface area contributed by atoms with Gasteiger partial charge in [-0.05, 0) is 6.42 Å². The lowest BCUT2D eigenvalue weighted by Crippen LogP contribution is -2.88. The fourth-order valence-electron chi connectivity index (χ4n) is 3.72. The van der Waals surface area contributed by atoms with Gasteiger partial charge in [0, 0.05) is 11.7 Å². The van der Waals surface area contributed by atoms with Crippen LogP contribution in [0, 0.1) is 39.4 Å². The molecule has 0 aromatic carbocycles. The van der Waals surface area contributed by atoms with Gasteiger partial charge in [0.1, 0.15) is 0 Å². The predicted molar refractivity (Wildman–Crippen MR) is 65.8 cm³/mol. The normalized spacial score (nSPS) is 48.4. The van der Waals surface area contributed by atoms with Crippen molar-refractivity contribution in [2.75, 3.05) is 12.4 Å². The number of ether oxygens (including phenoxy) is 1. The zero-order valence-corrected chi connectivity index (χ0v) is 11.0. The van der Waals surface area contributed by atoms with Crippen LogP contribution in [0.2, 0.25) is 0 Å². The summed E-state index contributed by atoms with van der Waals surface area (Å²) in [7, 11) is 0. The molecule has 2 fully saturated rings. The first-order valence-corrected chi connectivity index (χ1v) is 7.15. The van der Waals surface area contributed by atoms with Crippen molar-refractivity contribution >= 4 is 17.6 Å². The first-order chi connectivity index (χ1) is 8.65. The average molecular weight is 263 g/mol. The number of thioether (sulfide) groups is 1. The molecule has 4 atom stereocenters.